The monoisotopic (exact) mass is 280 g/mol. The van der Waals surface area contributed by atoms with Gasteiger partial charge in [0.25, 0.3) is 0 Å². The summed E-state index contributed by atoms with van der Waals surface area (Å²) in [6.45, 7) is 0.539. The maximum atomic E-state index is 11.0. The highest BCUT2D eigenvalue weighted by molar-refractivity contribution is 5.76. The summed E-state index contributed by atoms with van der Waals surface area (Å²) in [6, 6.07) is 3.49. The molecule has 6 nitrogen and oxygen atoms in total. The van der Waals surface area contributed by atoms with E-state index in [2.05, 4.69) is 4.99 Å². The first-order valence-corrected chi connectivity index (χ1v) is 6.50. The quantitative estimate of drug-likeness (QED) is 0.423. The molecule has 0 fully saturated rings. The van der Waals surface area contributed by atoms with Crippen LogP contribution in [0.5, 0.6) is 11.5 Å². The third kappa shape index (κ3) is 5.27. The van der Waals surface area contributed by atoms with Crippen LogP contribution in [0.4, 0.5) is 0 Å². The number of hydrogen-bond donors (Lipinski definition) is 4. The fraction of sp³-hybridized carbons (Fsp3) is 0.429. The molecule has 0 saturated carbocycles. The summed E-state index contributed by atoms with van der Waals surface area (Å²) in [4.78, 5) is 15.0. The predicted molar refractivity (Wildman–Crippen MR) is 76.3 cm³/mol. The number of nitrogens with two attached hydrogens (primary N) is 1. The average Bonchev–Trinajstić information content (AvgIpc) is 2.39. The van der Waals surface area contributed by atoms with Gasteiger partial charge in [0.05, 0.1) is 0 Å². The molecule has 6 heteroatoms. The summed E-state index contributed by atoms with van der Waals surface area (Å²) < 4.78 is 0. The first kappa shape index (κ1) is 16.0. The first-order valence-electron chi connectivity index (χ1n) is 6.50. The average molecular weight is 280 g/mol. The Morgan fingerprint density at radius 2 is 2.10 bits per heavy atom. The highest BCUT2D eigenvalue weighted by Gasteiger charge is 2.14. The van der Waals surface area contributed by atoms with Crippen molar-refractivity contribution in [2.45, 2.75) is 31.7 Å². The SMILES string of the molecule is NCCCC[C@H](N=CCc1ccc(O)cc1O)C(=O)O. The summed E-state index contributed by atoms with van der Waals surface area (Å²) in [5.74, 6) is -1.02. The summed E-state index contributed by atoms with van der Waals surface area (Å²) in [7, 11) is 0. The first-order chi connectivity index (χ1) is 9.54. The number of aromatic hydroxyl groups is 2. The number of carboxylic acids is 1. The highest BCUT2D eigenvalue weighted by atomic mass is 16.4. The van der Waals surface area contributed by atoms with E-state index in [1.165, 1.54) is 18.3 Å². The van der Waals surface area contributed by atoms with Gasteiger partial charge < -0.3 is 21.1 Å². The Morgan fingerprint density at radius 1 is 1.35 bits per heavy atom. The lowest BCUT2D eigenvalue weighted by Crippen LogP contribution is -2.18. The zero-order valence-corrected chi connectivity index (χ0v) is 11.2. The number of rotatable bonds is 8. The van der Waals surface area contributed by atoms with Crippen molar-refractivity contribution in [3.8, 4) is 11.5 Å². The molecule has 0 spiro atoms. The van der Waals surface area contributed by atoms with Gasteiger partial charge in [0.15, 0.2) is 0 Å². The van der Waals surface area contributed by atoms with Gasteiger partial charge in [-0.2, -0.15) is 0 Å². The van der Waals surface area contributed by atoms with E-state index in [0.29, 0.717) is 24.9 Å². The van der Waals surface area contributed by atoms with Crippen molar-refractivity contribution in [2.24, 2.45) is 10.7 Å². The van der Waals surface area contributed by atoms with Gasteiger partial charge in [0.1, 0.15) is 17.5 Å². The Hall–Kier alpha value is -2.08. The summed E-state index contributed by atoms with van der Waals surface area (Å²) in [6.07, 6.45) is 3.73. The summed E-state index contributed by atoms with van der Waals surface area (Å²) in [5.41, 5.74) is 5.94. The Morgan fingerprint density at radius 3 is 2.70 bits per heavy atom. The number of phenols is 2. The second kappa shape index (κ2) is 8.16. The zero-order valence-electron chi connectivity index (χ0n) is 11.2. The standard InChI is InChI=1S/C14H20N2O4/c15-7-2-1-3-12(14(19)20)16-8-6-10-4-5-11(17)9-13(10)18/h4-5,8-9,12,17-18H,1-3,6-7,15H2,(H,19,20)/t12-/m0/s1. The largest absolute Gasteiger partial charge is 0.508 e. The van der Waals surface area contributed by atoms with Gasteiger partial charge >= 0.3 is 5.97 Å². The molecule has 0 aliphatic heterocycles. The van der Waals surface area contributed by atoms with E-state index in [1.807, 2.05) is 0 Å². The maximum absolute atomic E-state index is 11.0. The van der Waals surface area contributed by atoms with Gasteiger partial charge in [-0.25, -0.2) is 4.79 Å². The van der Waals surface area contributed by atoms with Crippen molar-refractivity contribution in [1.29, 1.82) is 0 Å². The lowest BCUT2D eigenvalue weighted by Gasteiger charge is -2.07. The molecule has 0 saturated heterocycles. The Balaban J connectivity index is 2.57. The van der Waals surface area contributed by atoms with E-state index in [9.17, 15) is 9.90 Å². The van der Waals surface area contributed by atoms with Crippen molar-refractivity contribution in [3.63, 3.8) is 0 Å². The maximum Gasteiger partial charge on any atom is 0.328 e. The minimum absolute atomic E-state index is 0.0200. The Bertz CT molecular complexity index is 474. The van der Waals surface area contributed by atoms with Crippen LogP contribution in [0, 0.1) is 0 Å². The van der Waals surface area contributed by atoms with Crippen molar-refractivity contribution >= 4 is 12.2 Å². The third-order valence-corrected chi connectivity index (χ3v) is 2.88. The lowest BCUT2D eigenvalue weighted by molar-refractivity contribution is -0.138. The molecule has 0 aliphatic rings. The molecule has 1 aromatic carbocycles. The molecular weight excluding hydrogens is 260 g/mol. The lowest BCUT2D eigenvalue weighted by atomic mass is 10.1. The second-order valence-electron chi connectivity index (χ2n) is 4.49. The van der Waals surface area contributed by atoms with Gasteiger partial charge in [-0.05, 0) is 37.4 Å². The summed E-state index contributed by atoms with van der Waals surface area (Å²) >= 11 is 0. The van der Waals surface area contributed by atoms with Crippen molar-refractivity contribution in [3.05, 3.63) is 23.8 Å². The Kier molecular flexibility index (Phi) is 6.52. The number of carboxylic acid groups (broad SMARTS) is 1. The minimum atomic E-state index is -0.965. The van der Waals surface area contributed by atoms with E-state index in [0.717, 1.165) is 12.8 Å². The molecule has 1 atom stereocenters. The van der Waals surface area contributed by atoms with Crippen LogP contribution < -0.4 is 5.73 Å². The molecule has 0 unspecified atom stereocenters. The van der Waals surface area contributed by atoms with Crippen LogP contribution in [-0.4, -0.2) is 40.1 Å². The molecule has 20 heavy (non-hydrogen) atoms. The molecular formula is C14H20N2O4. The van der Waals surface area contributed by atoms with Crippen LogP contribution in [0.2, 0.25) is 0 Å². The second-order valence-corrected chi connectivity index (χ2v) is 4.49. The number of unbranched alkanes of at least 4 members (excludes halogenated alkanes) is 1. The molecule has 0 amide bonds. The van der Waals surface area contributed by atoms with Crippen molar-refractivity contribution in [1.82, 2.24) is 0 Å². The summed E-state index contributed by atoms with van der Waals surface area (Å²) in [5, 5.41) is 27.8. The predicted octanol–water partition coefficient (Wildman–Crippen LogP) is 1.29. The van der Waals surface area contributed by atoms with Crippen LogP contribution in [-0.2, 0) is 11.2 Å². The van der Waals surface area contributed by atoms with E-state index in [-0.39, 0.29) is 11.5 Å². The zero-order chi connectivity index (χ0) is 15.0. The van der Waals surface area contributed by atoms with Gasteiger partial charge in [-0.15, -0.1) is 0 Å². The molecule has 0 aromatic heterocycles. The van der Waals surface area contributed by atoms with E-state index >= 15 is 0 Å². The van der Waals surface area contributed by atoms with E-state index < -0.39 is 12.0 Å². The van der Waals surface area contributed by atoms with Crippen LogP contribution in [0.25, 0.3) is 0 Å². The minimum Gasteiger partial charge on any atom is -0.508 e. The number of benzene rings is 1. The van der Waals surface area contributed by atoms with Crippen molar-refractivity contribution in [2.75, 3.05) is 6.54 Å². The Labute approximate surface area is 117 Å². The van der Waals surface area contributed by atoms with Crippen LogP contribution >= 0.6 is 0 Å². The van der Waals surface area contributed by atoms with Crippen LogP contribution in [0.3, 0.4) is 0 Å². The highest BCUT2D eigenvalue weighted by Crippen LogP contribution is 2.22. The number of aliphatic carboxylic acids is 1. The number of carbonyl (C=O) groups is 1. The van der Waals surface area contributed by atoms with Crippen LogP contribution in [0.1, 0.15) is 24.8 Å². The fourth-order valence-corrected chi connectivity index (χ4v) is 1.75. The number of nitrogens with zero attached hydrogens (tertiary/aromatic N) is 1. The molecule has 1 aromatic rings. The third-order valence-electron chi connectivity index (χ3n) is 2.88. The number of aliphatic imine (C=N–C) groups is 1. The van der Waals surface area contributed by atoms with E-state index in [1.54, 1.807) is 6.07 Å². The van der Waals surface area contributed by atoms with Gasteiger partial charge in [0, 0.05) is 18.7 Å². The fourth-order valence-electron chi connectivity index (χ4n) is 1.75. The molecule has 110 valence electrons. The molecule has 5 N–H and O–H groups in total. The number of phenolic OH excluding ortho intramolecular Hbond substituents is 2. The van der Waals surface area contributed by atoms with Gasteiger partial charge in [-0.1, -0.05) is 6.07 Å². The topological polar surface area (TPSA) is 116 Å². The van der Waals surface area contributed by atoms with Crippen molar-refractivity contribution < 1.29 is 20.1 Å². The van der Waals surface area contributed by atoms with E-state index in [4.69, 9.17) is 15.9 Å². The van der Waals surface area contributed by atoms with Crippen LogP contribution in [0.15, 0.2) is 23.2 Å². The molecule has 1 rings (SSSR count). The molecule has 0 heterocycles. The normalized spacial score (nSPS) is 12.7. The van der Waals surface area contributed by atoms with Gasteiger partial charge in [0.2, 0.25) is 0 Å². The van der Waals surface area contributed by atoms with Gasteiger partial charge in [-0.3, -0.25) is 4.99 Å². The molecule has 0 radical (unpaired) electrons. The molecule has 0 bridgehead atoms. The molecule has 0 aliphatic carbocycles. The smallest absolute Gasteiger partial charge is 0.328 e. The number of hydrogen-bond acceptors (Lipinski definition) is 5.